The number of fused-ring (bicyclic) bond motifs is 2. The van der Waals surface area contributed by atoms with Crippen molar-refractivity contribution < 1.29 is 0 Å². The summed E-state index contributed by atoms with van der Waals surface area (Å²) in [5, 5.41) is 3.89. The third kappa shape index (κ3) is 3.15. The lowest BCUT2D eigenvalue weighted by atomic mass is 9.71. The maximum atomic E-state index is 6.20. The van der Waals surface area contributed by atoms with Crippen molar-refractivity contribution in [2.45, 2.75) is 37.5 Å². The predicted molar refractivity (Wildman–Crippen MR) is 117 cm³/mol. The largest absolute Gasteiger partial charge is 0.256 e. The summed E-state index contributed by atoms with van der Waals surface area (Å²) in [6.45, 7) is 0. The Kier molecular flexibility index (Phi) is 4.70. The molecule has 1 aliphatic carbocycles. The third-order valence-electron chi connectivity index (χ3n) is 6.04. The normalized spacial score (nSPS) is 19.9. The monoisotopic (exact) mass is 406 g/mol. The summed E-state index contributed by atoms with van der Waals surface area (Å²) >= 11 is 12.4. The zero-order valence-corrected chi connectivity index (χ0v) is 16.9. The molecule has 1 fully saturated rings. The van der Waals surface area contributed by atoms with Gasteiger partial charge >= 0.3 is 0 Å². The summed E-state index contributed by atoms with van der Waals surface area (Å²) < 4.78 is 0. The van der Waals surface area contributed by atoms with Crippen LogP contribution in [0, 0.1) is 0 Å². The Labute approximate surface area is 174 Å². The lowest BCUT2D eigenvalue weighted by molar-refractivity contribution is 0.389. The highest BCUT2D eigenvalue weighted by Gasteiger charge is 2.30. The van der Waals surface area contributed by atoms with Crippen LogP contribution < -0.4 is 0 Å². The summed E-state index contributed by atoms with van der Waals surface area (Å²) in [4.78, 5) is 9.09. The predicted octanol–water partition coefficient (Wildman–Crippen LogP) is 7.53. The van der Waals surface area contributed by atoms with Crippen molar-refractivity contribution in [3.8, 4) is 0 Å². The summed E-state index contributed by atoms with van der Waals surface area (Å²) in [5.41, 5.74) is 4.71. The number of hydrogen-bond donors (Lipinski definition) is 0. The maximum absolute atomic E-state index is 6.20. The van der Waals surface area contributed by atoms with Crippen molar-refractivity contribution in [1.29, 1.82) is 0 Å². The Bertz CT molecular complexity index is 1080. The fourth-order valence-electron chi connectivity index (χ4n) is 4.81. The third-order valence-corrected chi connectivity index (χ3v) is 6.51. The van der Waals surface area contributed by atoms with Gasteiger partial charge < -0.3 is 0 Å². The quantitative estimate of drug-likeness (QED) is 0.343. The van der Waals surface area contributed by atoms with E-state index in [0.717, 1.165) is 21.1 Å². The topological polar surface area (TPSA) is 25.8 Å². The van der Waals surface area contributed by atoms with E-state index in [1.54, 1.807) is 0 Å². The van der Waals surface area contributed by atoms with Gasteiger partial charge in [0, 0.05) is 33.2 Å². The van der Waals surface area contributed by atoms with Gasteiger partial charge in [0.05, 0.1) is 11.0 Å². The van der Waals surface area contributed by atoms with Crippen LogP contribution in [0.1, 0.15) is 48.6 Å². The van der Waals surface area contributed by atoms with Gasteiger partial charge in [-0.3, -0.25) is 9.97 Å². The Morgan fingerprint density at radius 1 is 0.643 bits per heavy atom. The first-order chi connectivity index (χ1) is 13.7. The molecule has 0 aliphatic heterocycles. The van der Waals surface area contributed by atoms with Gasteiger partial charge in [0.1, 0.15) is 0 Å². The minimum atomic E-state index is 0.460. The molecule has 0 N–H and O–H groups in total. The minimum Gasteiger partial charge on any atom is -0.256 e. The van der Waals surface area contributed by atoms with Gasteiger partial charge in [0.25, 0.3) is 0 Å². The van der Waals surface area contributed by atoms with Crippen molar-refractivity contribution >= 4 is 45.0 Å². The van der Waals surface area contributed by atoms with Crippen LogP contribution in [0.25, 0.3) is 21.8 Å². The number of pyridine rings is 2. The molecule has 0 unspecified atom stereocenters. The number of aromatic nitrogens is 2. The molecule has 2 aromatic carbocycles. The lowest BCUT2D eigenvalue weighted by Crippen LogP contribution is -2.17. The SMILES string of the molecule is Clc1ccc2c([C@H]3CCCC[C@@H]3c3ccnc4cc(Cl)ccc34)ccnc2c1. The number of rotatable bonds is 2. The number of halogens is 2. The van der Waals surface area contributed by atoms with E-state index < -0.39 is 0 Å². The molecule has 28 heavy (non-hydrogen) atoms. The van der Waals surface area contributed by atoms with Crippen LogP contribution in [0.5, 0.6) is 0 Å². The van der Waals surface area contributed by atoms with Gasteiger partial charge in [-0.1, -0.05) is 48.2 Å². The first kappa shape index (κ1) is 17.9. The van der Waals surface area contributed by atoms with E-state index in [2.05, 4.69) is 34.2 Å². The molecule has 1 aliphatic rings. The molecule has 2 heterocycles. The van der Waals surface area contributed by atoms with Crippen LogP contribution in [-0.2, 0) is 0 Å². The van der Waals surface area contributed by atoms with Crippen LogP contribution in [-0.4, -0.2) is 9.97 Å². The summed E-state index contributed by atoms with van der Waals surface area (Å²) in [6, 6.07) is 16.5. The molecule has 140 valence electrons. The average Bonchev–Trinajstić information content (AvgIpc) is 2.72. The summed E-state index contributed by atoms with van der Waals surface area (Å²) in [5.74, 6) is 0.920. The van der Waals surface area contributed by atoms with Gasteiger partial charge in [-0.25, -0.2) is 0 Å². The Morgan fingerprint density at radius 3 is 1.57 bits per heavy atom. The van der Waals surface area contributed by atoms with Crippen molar-refractivity contribution in [1.82, 2.24) is 9.97 Å². The highest BCUT2D eigenvalue weighted by molar-refractivity contribution is 6.31. The second-order valence-electron chi connectivity index (χ2n) is 7.62. The smallest absolute Gasteiger partial charge is 0.0719 e. The number of hydrogen-bond acceptors (Lipinski definition) is 2. The molecule has 1 saturated carbocycles. The fraction of sp³-hybridized carbons (Fsp3) is 0.250. The molecular weight excluding hydrogens is 387 g/mol. The summed E-state index contributed by atoms with van der Waals surface area (Å²) in [7, 11) is 0. The molecule has 0 amide bonds. The van der Waals surface area contributed by atoms with E-state index in [1.165, 1.54) is 47.6 Å². The van der Waals surface area contributed by atoms with Crippen molar-refractivity contribution in [3.05, 3.63) is 82.1 Å². The van der Waals surface area contributed by atoms with E-state index in [-0.39, 0.29) is 0 Å². The molecule has 2 nitrogen and oxygen atoms in total. The molecular formula is C24H20Cl2N2. The Hall–Kier alpha value is -2.16. The highest BCUT2D eigenvalue weighted by Crippen LogP contribution is 2.47. The van der Waals surface area contributed by atoms with Crippen molar-refractivity contribution in [2.75, 3.05) is 0 Å². The molecule has 2 aromatic heterocycles. The molecule has 5 rings (SSSR count). The van der Waals surface area contributed by atoms with Crippen LogP contribution >= 0.6 is 23.2 Å². The number of benzene rings is 2. The summed E-state index contributed by atoms with van der Waals surface area (Å²) in [6.07, 6.45) is 8.72. The van der Waals surface area contributed by atoms with Gasteiger partial charge in [-0.2, -0.15) is 0 Å². The van der Waals surface area contributed by atoms with Crippen LogP contribution in [0.4, 0.5) is 0 Å². The standard InChI is InChI=1S/C24H20Cl2N2/c25-15-5-7-21-19(9-11-27-23(21)13-15)17-3-1-2-4-18(17)20-10-12-28-24-14-16(26)6-8-22(20)24/h5-14,17-18H,1-4H2/t17-,18-/m0/s1. The van der Waals surface area contributed by atoms with Crippen LogP contribution in [0.15, 0.2) is 60.9 Å². The fourth-order valence-corrected chi connectivity index (χ4v) is 5.14. The van der Waals surface area contributed by atoms with Gasteiger partial charge in [0.15, 0.2) is 0 Å². The zero-order valence-electron chi connectivity index (χ0n) is 15.4. The van der Waals surface area contributed by atoms with E-state index >= 15 is 0 Å². The molecule has 2 atom stereocenters. The average molecular weight is 407 g/mol. The van der Waals surface area contributed by atoms with Crippen LogP contribution in [0.2, 0.25) is 10.0 Å². The molecule has 0 bridgehead atoms. The van der Waals surface area contributed by atoms with E-state index in [9.17, 15) is 0 Å². The Morgan fingerprint density at radius 2 is 1.11 bits per heavy atom. The van der Waals surface area contributed by atoms with Gasteiger partial charge in [-0.05, 0) is 72.2 Å². The first-order valence-corrected chi connectivity index (χ1v) is 10.5. The van der Waals surface area contributed by atoms with Crippen LogP contribution in [0.3, 0.4) is 0 Å². The highest BCUT2D eigenvalue weighted by atomic mass is 35.5. The zero-order chi connectivity index (χ0) is 19.1. The molecule has 0 spiro atoms. The van der Waals surface area contributed by atoms with E-state index in [1.807, 2.05) is 36.7 Å². The lowest BCUT2D eigenvalue weighted by Gasteiger charge is -2.33. The second kappa shape index (κ2) is 7.35. The maximum Gasteiger partial charge on any atom is 0.0719 e. The molecule has 0 saturated heterocycles. The van der Waals surface area contributed by atoms with Gasteiger partial charge in [-0.15, -0.1) is 0 Å². The Balaban J connectivity index is 1.66. The molecule has 4 heteroatoms. The van der Waals surface area contributed by atoms with E-state index in [4.69, 9.17) is 23.2 Å². The molecule has 0 radical (unpaired) electrons. The minimum absolute atomic E-state index is 0.460. The van der Waals surface area contributed by atoms with Gasteiger partial charge in [0.2, 0.25) is 0 Å². The van der Waals surface area contributed by atoms with E-state index in [0.29, 0.717) is 11.8 Å². The van der Waals surface area contributed by atoms with Crippen molar-refractivity contribution in [3.63, 3.8) is 0 Å². The molecule has 4 aromatic rings. The number of nitrogens with zero attached hydrogens (tertiary/aromatic N) is 2. The first-order valence-electron chi connectivity index (χ1n) is 9.79. The van der Waals surface area contributed by atoms with Crippen molar-refractivity contribution in [2.24, 2.45) is 0 Å². The second-order valence-corrected chi connectivity index (χ2v) is 8.49.